The maximum absolute atomic E-state index is 13.5. The molecule has 0 aromatic carbocycles. The van der Waals surface area contributed by atoms with Crippen LogP contribution in [0.3, 0.4) is 0 Å². The lowest BCUT2D eigenvalue weighted by atomic mass is 10.1. The Hall–Kier alpha value is -3.87. The van der Waals surface area contributed by atoms with Crippen molar-refractivity contribution in [2.45, 2.75) is 33.1 Å². The van der Waals surface area contributed by atoms with E-state index in [1.54, 1.807) is 19.9 Å². The Kier molecular flexibility index (Phi) is 9.50. The smallest absolute Gasteiger partial charge is 0.286 e. The largest absolute Gasteiger partial charge is 0.469 e. The third-order valence-electron chi connectivity index (χ3n) is 5.42. The van der Waals surface area contributed by atoms with Crippen molar-refractivity contribution in [1.82, 2.24) is 20.5 Å². The minimum absolute atomic E-state index is 0.0168. The van der Waals surface area contributed by atoms with E-state index in [1.165, 1.54) is 12.3 Å². The first kappa shape index (κ1) is 28.7. The molecule has 1 aliphatic rings. The lowest BCUT2D eigenvalue weighted by Crippen LogP contribution is -2.36. The number of hydrogen-bond donors (Lipinski definition) is 1. The van der Waals surface area contributed by atoms with Crippen LogP contribution in [0.15, 0.2) is 47.9 Å². The van der Waals surface area contributed by atoms with Crippen molar-refractivity contribution in [3.63, 3.8) is 0 Å². The number of amides is 1. The van der Waals surface area contributed by atoms with Crippen molar-refractivity contribution in [3.8, 4) is 5.88 Å². The number of nitrogens with zero attached hydrogens (tertiary/aromatic N) is 5. The molecular formula is C25H28F4N6O3. The van der Waals surface area contributed by atoms with Gasteiger partial charge in [-0.05, 0) is 32.0 Å². The molecule has 2 aromatic rings. The van der Waals surface area contributed by atoms with Gasteiger partial charge < -0.3 is 19.7 Å². The maximum Gasteiger partial charge on any atom is 0.286 e. The predicted octanol–water partition coefficient (Wildman–Crippen LogP) is 4.23. The lowest BCUT2D eigenvalue weighted by Gasteiger charge is -2.29. The zero-order chi connectivity index (χ0) is 27.9. The number of hydrogen-bond acceptors (Lipinski definition) is 8. The highest BCUT2D eigenvalue weighted by atomic mass is 19.3. The first-order valence-corrected chi connectivity index (χ1v) is 11.6. The fourth-order valence-electron chi connectivity index (χ4n) is 3.35. The Morgan fingerprint density at radius 2 is 2.00 bits per heavy atom. The quantitative estimate of drug-likeness (QED) is 0.358. The Morgan fingerprint density at radius 1 is 1.29 bits per heavy atom. The first-order valence-electron chi connectivity index (χ1n) is 11.6. The average Bonchev–Trinajstić information content (AvgIpc) is 2.90. The monoisotopic (exact) mass is 536 g/mol. The summed E-state index contributed by atoms with van der Waals surface area (Å²) in [6.07, 6.45) is -0.143. The van der Waals surface area contributed by atoms with Gasteiger partial charge in [0.1, 0.15) is 11.4 Å². The van der Waals surface area contributed by atoms with Crippen LogP contribution in [0.25, 0.3) is 5.57 Å². The number of rotatable bonds is 10. The number of carbonyl (C=O) groups excluding carboxylic acids is 1. The number of aromatic nitrogens is 3. The number of carbonyl (C=O) groups is 1. The lowest BCUT2D eigenvalue weighted by molar-refractivity contribution is 0.0127. The Labute approximate surface area is 217 Å². The molecule has 0 spiro atoms. The summed E-state index contributed by atoms with van der Waals surface area (Å²) in [5.74, 6) is -3.79. The molecule has 0 unspecified atom stereocenters. The Balaban J connectivity index is 1.75. The molecule has 0 radical (unpaired) electrons. The van der Waals surface area contributed by atoms with Crippen LogP contribution in [0.2, 0.25) is 0 Å². The molecule has 2 aromatic heterocycles. The third kappa shape index (κ3) is 7.81. The van der Waals surface area contributed by atoms with Crippen LogP contribution in [0.4, 0.5) is 23.2 Å². The summed E-state index contributed by atoms with van der Waals surface area (Å²) in [7, 11) is 0. The molecule has 0 atom stereocenters. The number of pyridine rings is 1. The van der Waals surface area contributed by atoms with Crippen LogP contribution in [0, 0.1) is 0 Å². The van der Waals surface area contributed by atoms with E-state index in [9.17, 15) is 22.4 Å². The zero-order valence-electron chi connectivity index (χ0n) is 21.2. The molecular weight excluding hydrogens is 508 g/mol. The second-order valence-corrected chi connectivity index (χ2v) is 8.50. The SMILES string of the molecule is C=C(C(C)=N/C=C(\C)NC(=O)c1ccnc(C(C)(F)F)c1)c1cc(N2CCOCC2)c(OCC(F)F)nn1. The van der Waals surface area contributed by atoms with Gasteiger partial charge in [-0.3, -0.25) is 14.8 Å². The molecule has 3 heterocycles. The van der Waals surface area contributed by atoms with E-state index >= 15 is 0 Å². The summed E-state index contributed by atoms with van der Waals surface area (Å²) < 4.78 is 63.0. The molecule has 1 saturated heterocycles. The van der Waals surface area contributed by atoms with E-state index < -0.39 is 30.6 Å². The third-order valence-corrected chi connectivity index (χ3v) is 5.42. The van der Waals surface area contributed by atoms with Crippen molar-refractivity contribution in [2.75, 3.05) is 37.8 Å². The first-order chi connectivity index (χ1) is 18.0. The molecule has 38 heavy (non-hydrogen) atoms. The highest BCUT2D eigenvalue weighted by Gasteiger charge is 2.27. The molecule has 0 saturated carbocycles. The van der Waals surface area contributed by atoms with E-state index in [1.807, 2.05) is 4.90 Å². The van der Waals surface area contributed by atoms with Crippen LogP contribution in [0.1, 0.15) is 42.5 Å². The van der Waals surface area contributed by atoms with Crippen molar-refractivity contribution in [2.24, 2.45) is 4.99 Å². The normalized spacial score (nSPS) is 15.0. The van der Waals surface area contributed by atoms with E-state index in [0.29, 0.717) is 61.6 Å². The molecule has 204 valence electrons. The number of alkyl halides is 4. The van der Waals surface area contributed by atoms with E-state index in [-0.39, 0.29) is 11.4 Å². The molecule has 1 amide bonds. The molecule has 0 aliphatic carbocycles. The average molecular weight is 537 g/mol. The van der Waals surface area contributed by atoms with Crippen LogP contribution < -0.4 is 15.0 Å². The second-order valence-electron chi connectivity index (χ2n) is 8.50. The van der Waals surface area contributed by atoms with Gasteiger partial charge in [0, 0.05) is 55.0 Å². The summed E-state index contributed by atoms with van der Waals surface area (Å²) in [5.41, 5.74) is 1.55. The Morgan fingerprint density at radius 3 is 2.66 bits per heavy atom. The van der Waals surface area contributed by atoms with Crippen molar-refractivity contribution in [3.05, 3.63) is 59.8 Å². The number of morpholine rings is 1. The van der Waals surface area contributed by atoms with Crippen molar-refractivity contribution in [1.29, 1.82) is 0 Å². The van der Waals surface area contributed by atoms with Gasteiger partial charge in [-0.2, -0.15) is 8.78 Å². The summed E-state index contributed by atoms with van der Waals surface area (Å²) in [4.78, 5) is 22.3. The van der Waals surface area contributed by atoms with Gasteiger partial charge >= 0.3 is 0 Å². The highest BCUT2D eigenvalue weighted by Crippen LogP contribution is 2.29. The number of nitrogens with one attached hydrogen (secondary N) is 1. The number of anilines is 1. The van der Waals surface area contributed by atoms with Crippen LogP contribution in [-0.2, 0) is 10.7 Å². The number of aliphatic imine (C=N–C) groups is 1. The van der Waals surface area contributed by atoms with Crippen molar-refractivity contribution < 1.29 is 31.8 Å². The van der Waals surface area contributed by atoms with Crippen LogP contribution >= 0.6 is 0 Å². The van der Waals surface area contributed by atoms with Gasteiger partial charge in [-0.15, -0.1) is 10.2 Å². The highest BCUT2D eigenvalue weighted by molar-refractivity contribution is 6.21. The van der Waals surface area contributed by atoms with Crippen LogP contribution in [-0.4, -0.2) is 66.1 Å². The second kappa shape index (κ2) is 12.6. The van der Waals surface area contributed by atoms with Gasteiger partial charge in [0.05, 0.1) is 18.9 Å². The fourth-order valence-corrected chi connectivity index (χ4v) is 3.35. The van der Waals surface area contributed by atoms with Gasteiger partial charge in [-0.1, -0.05) is 6.58 Å². The molecule has 9 nitrogen and oxygen atoms in total. The summed E-state index contributed by atoms with van der Waals surface area (Å²) >= 11 is 0. The minimum Gasteiger partial charge on any atom is -0.469 e. The topological polar surface area (TPSA) is 102 Å². The zero-order valence-corrected chi connectivity index (χ0v) is 21.2. The summed E-state index contributed by atoms with van der Waals surface area (Å²) in [6.45, 7) is 9.11. The van der Waals surface area contributed by atoms with Crippen molar-refractivity contribution >= 4 is 22.9 Å². The number of ether oxygens (including phenoxy) is 2. The molecule has 1 N–H and O–H groups in total. The maximum atomic E-state index is 13.5. The van der Waals surface area contributed by atoms with Gasteiger partial charge in [-0.25, -0.2) is 8.78 Å². The fraction of sp³-hybridized carbons (Fsp3) is 0.400. The van der Waals surface area contributed by atoms with Gasteiger partial charge in [0.2, 0.25) is 0 Å². The molecule has 13 heteroatoms. The molecule has 0 bridgehead atoms. The molecule has 3 rings (SSSR count). The predicted molar refractivity (Wildman–Crippen MR) is 134 cm³/mol. The van der Waals surface area contributed by atoms with E-state index in [4.69, 9.17) is 9.47 Å². The summed E-state index contributed by atoms with van der Waals surface area (Å²) in [5, 5.41) is 10.6. The van der Waals surface area contributed by atoms with Gasteiger partial charge in [0.25, 0.3) is 24.1 Å². The number of halogens is 4. The summed E-state index contributed by atoms with van der Waals surface area (Å²) in [6, 6.07) is 4.00. The molecule has 1 aliphatic heterocycles. The van der Waals surface area contributed by atoms with E-state index in [2.05, 4.69) is 32.1 Å². The Bertz CT molecular complexity index is 1220. The van der Waals surface area contributed by atoms with E-state index in [0.717, 1.165) is 12.3 Å². The standard InChI is InChI=1S/C25H28F4N6O3/c1-15(32-23(36)18-5-6-30-21(11-18)25(4,28)29)13-31-17(3)16(2)19-12-20(35-7-9-37-10-8-35)24(34-33-19)38-14-22(26)27/h5-6,11-13,22H,2,7-10,14H2,1,3-4H3,(H,32,36)/b15-13+,31-17?. The molecule has 1 fully saturated rings. The van der Waals surface area contributed by atoms with Gasteiger partial charge in [0.15, 0.2) is 6.61 Å². The number of allylic oxidation sites excluding steroid dienone is 2. The minimum atomic E-state index is -3.18. The van der Waals surface area contributed by atoms with Crippen LogP contribution in [0.5, 0.6) is 5.88 Å².